The third kappa shape index (κ3) is 31.8. The molecule has 16 heteroatoms. The van der Waals surface area contributed by atoms with Crippen molar-refractivity contribution in [3.63, 3.8) is 0 Å². The zero-order valence-corrected chi connectivity index (χ0v) is 34.2. The van der Waals surface area contributed by atoms with E-state index in [1.807, 2.05) is 0 Å². The number of nitrogens with two attached hydrogens (primary N) is 1. The Morgan fingerprint density at radius 2 is 1.38 bits per heavy atom. The quantitative estimate of drug-likeness (QED) is 0.0159. The lowest BCUT2D eigenvalue weighted by molar-refractivity contribution is -0.229. The van der Waals surface area contributed by atoms with Gasteiger partial charge in [-0.1, -0.05) is 123 Å². The molecule has 0 saturated carbocycles. The highest BCUT2D eigenvalue weighted by Gasteiger charge is 2.39. The van der Waals surface area contributed by atoms with Gasteiger partial charge in [0.1, 0.15) is 6.10 Å². The Morgan fingerprint density at radius 1 is 0.830 bits per heavy atom. The summed E-state index contributed by atoms with van der Waals surface area (Å²) in [5, 5.41) is 3.09. The van der Waals surface area contributed by atoms with Gasteiger partial charge in [-0.05, 0) is 12.8 Å². The van der Waals surface area contributed by atoms with Gasteiger partial charge < -0.3 is 39.8 Å². The predicted molar refractivity (Wildman–Crippen MR) is 206 cm³/mol. The fourth-order valence-electron chi connectivity index (χ4n) is 5.45. The highest BCUT2D eigenvalue weighted by atomic mass is 32.2. The number of unbranched alkanes of at least 4 members (excludes halogenated alkanes) is 16. The van der Waals surface area contributed by atoms with Crippen molar-refractivity contribution in [2.24, 2.45) is 5.73 Å². The van der Waals surface area contributed by atoms with Gasteiger partial charge in [-0.2, -0.15) is 20.5 Å². The zero-order valence-electron chi connectivity index (χ0n) is 32.5. The molecule has 0 aliphatic heterocycles. The number of carbonyl (C=O) groups is 3. The van der Waals surface area contributed by atoms with E-state index in [9.17, 15) is 37.5 Å². The van der Waals surface area contributed by atoms with Gasteiger partial charge in [0, 0.05) is 37.1 Å². The lowest BCUT2D eigenvalue weighted by Crippen LogP contribution is -2.38. The molecule has 0 fully saturated rings. The molecular weight excluding hydrogens is 733 g/mol. The van der Waals surface area contributed by atoms with Crippen molar-refractivity contribution < 1.29 is 56.5 Å². The van der Waals surface area contributed by atoms with Crippen molar-refractivity contribution >= 4 is 37.4 Å². The maximum atomic E-state index is 13.2. The number of halogens is 2. The SMILES string of the molecule is CCCCCCCCCCCC(=O)O[C@H](COC(CCCCCCCCCCC)P(=O)(O)O)CSC[C@H](N)CNCCOCCOC(F)(F)C(=O)C=O. The summed E-state index contributed by atoms with van der Waals surface area (Å²) in [5.41, 5.74) is 6.22. The molecule has 0 saturated heterocycles. The molecule has 0 aliphatic rings. The van der Waals surface area contributed by atoms with Crippen LogP contribution in [0.25, 0.3) is 0 Å². The molecule has 0 aromatic rings. The summed E-state index contributed by atoms with van der Waals surface area (Å²) in [7, 11) is -4.53. The molecule has 12 nitrogen and oxygen atoms in total. The first-order valence-corrected chi connectivity index (χ1v) is 22.7. The first-order chi connectivity index (χ1) is 25.4. The lowest BCUT2D eigenvalue weighted by atomic mass is 10.1. The van der Waals surface area contributed by atoms with Gasteiger partial charge in [-0.15, -0.1) is 0 Å². The van der Waals surface area contributed by atoms with Crippen molar-refractivity contribution in [1.29, 1.82) is 0 Å². The van der Waals surface area contributed by atoms with E-state index in [-0.39, 0.29) is 44.7 Å². The van der Waals surface area contributed by atoms with E-state index in [0.29, 0.717) is 31.0 Å². The molecule has 0 rings (SSSR count). The summed E-state index contributed by atoms with van der Waals surface area (Å²) in [6, 6.07) is -0.287. The standard InChI is InChI=1S/C37H71F2N2O10PS/c1-3-5-7-9-11-13-15-17-19-21-35(44)51-33(29-49-36(52(45,46)47)22-20-18-16-14-12-10-8-6-4-2)31-53-30-32(40)27-41-23-24-48-25-26-50-37(38,39)34(43)28-42/h28,32-33,36,41H,3-27,29-31,40H2,1-2H3,(H2,45,46,47)/t32-,33-,36?/m1/s1. The van der Waals surface area contributed by atoms with Gasteiger partial charge in [0.2, 0.25) is 0 Å². The Kier molecular flexibility index (Phi) is 33.6. The maximum Gasteiger partial charge on any atom is 0.423 e. The minimum absolute atomic E-state index is 0.131. The van der Waals surface area contributed by atoms with Crippen molar-refractivity contribution in [2.45, 2.75) is 166 Å². The Morgan fingerprint density at radius 3 is 1.92 bits per heavy atom. The molecular formula is C37H71F2N2O10PS. The Hall–Kier alpha value is -1.03. The number of esters is 1. The molecule has 0 radical (unpaired) electrons. The van der Waals surface area contributed by atoms with Crippen LogP contribution in [0, 0.1) is 0 Å². The second kappa shape index (κ2) is 34.2. The highest BCUT2D eigenvalue weighted by Crippen LogP contribution is 2.44. The number of nitrogens with one attached hydrogen (secondary N) is 1. The van der Waals surface area contributed by atoms with Crippen LogP contribution in [0.2, 0.25) is 0 Å². The average Bonchev–Trinajstić information content (AvgIpc) is 3.11. The van der Waals surface area contributed by atoms with Crippen LogP contribution in [-0.4, -0.2) is 103 Å². The smallest absolute Gasteiger partial charge is 0.423 e. The van der Waals surface area contributed by atoms with Crippen LogP contribution in [0.15, 0.2) is 0 Å². The van der Waals surface area contributed by atoms with Gasteiger partial charge in [0.05, 0.1) is 26.4 Å². The molecule has 5 N–H and O–H groups in total. The summed E-state index contributed by atoms with van der Waals surface area (Å²) in [5.74, 6) is -2.74. The summed E-state index contributed by atoms with van der Waals surface area (Å²) in [6.45, 7) is 4.45. The maximum absolute atomic E-state index is 13.2. The van der Waals surface area contributed by atoms with Crippen molar-refractivity contribution in [3.05, 3.63) is 0 Å². The molecule has 53 heavy (non-hydrogen) atoms. The number of hydrogen-bond donors (Lipinski definition) is 4. The van der Waals surface area contributed by atoms with Gasteiger partial charge in [0.25, 0.3) is 5.78 Å². The fourth-order valence-corrected chi connectivity index (χ4v) is 7.23. The number of carbonyl (C=O) groups excluding carboxylic acids is 3. The fraction of sp³-hybridized carbons (Fsp3) is 0.919. The molecule has 0 aromatic carbocycles. The molecule has 0 aromatic heterocycles. The van der Waals surface area contributed by atoms with Crippen LogP contribution in [-0.2, 0) is 37.9 Å². The summed E-state index contributed by atoms with van der Waals surface area (Å²) < 4.78 is 59.4. The number of Topliss-reactive ketones (excluding diaryl/α,β-unsaturated/α-hetero) is 1. The zero-order chi connectivity index (χ0) is 39.6. The van der Waals surface area contributed by atoms with E-state index in [2.05, 4.69) is 23.9 Å². The van der Waals surface area contributed by atoms with Gasteiger partial charge in [-0.3, -0.25) is 18.9 Å². The van der Waals surface area contributed by atoms with E-state index in [1.54, 1.807) is 0 Å². The second-order valence-electron chi connectivity index (χ2n) is 13.6. The third-order valence-electron chi connectivity index (χ3n) is 8.56. The third-order valence-corrected chi connectivity index (χ3v) is 11.0. The summed E-state index contributed by atoms with van der Waals surface area (Å²) in [4.78, 5) is 53.7. The predicted octanol–water partition coefficient (Wildman–Crippen LogP) is 7.30. The number of alkyl halides is 2. The number of rotatable bonds is 40. The molecule has 0 spiro atoms. The van der Waals surface area contributed by atoms with Crippen LogP contribution in [0.4, 0.5) is 8.78 Å². The number of hydrogen-bond acceptors (Lipinski definition) is 11. The molecule has 314 valence electrons. The van der Waals surface area contributed by atoms with Gasteiger partial charge >= 0.3 is 19.7 Å². The molecule has 0 aliphatic carbocycles. The molecule has 0 bridgehead atoms. The number of ketones is 1. The van der Waals surface area contributed by atoms with E-state index in [1.165, 1.54) is 76.0 Å². The first-order valence-electron chi connectivity index (χ1n) is 19.9. The summed E-state index contributed by atoms with van der Waals surface area (Å²) in [6.07, 6.45) is 15.0. The van der Waals surface area contributed by atoms with Crippen molar-refractivity contribution in [3.8, 4) is 0 Å². The van der Waals surface area contributed by atoms with E-state index < -0.39 is 44.3 Å². The largest absolute Gasteiger partial charge is 0.459 e. The molecule has 3 atom stereocenters. The summed E-state index contributed by atoms with van der Waals surface area (Å²) >= 11 is 1.44. The number of ether oxygens (including phenoxy) is 4. The van der Waals surface area contributed by atoms with Crippen molar-refractivity contribution in [2.75, 3.05) is 51.0 Å². The first kappa shape index (κ1) is 52.0. The van der Waals surface area contributed by atoms with Crippen LogP contribution in [0.5, 0.6) is 0 Å². The molecule has 0 amide bonds. The monoisotopic (exact) mass is 804 g/mol. The van der Waals surface area contributed by atoms with Gasteiger partial charge in [-0.25, -0.2) is 0 Å². The van der Waals surface area contributed by atoms with Gasteiger partial charge in [0.15, 0.2) is 12.1 Å². The minimum Gasteiger partial charge on any atom is -0.459 e. The van der Waals surface area contributed by atoms with Crippen LogP contribution in [0.3, 0.4) is 0 Å². The normalized spacial score (nSPS) is 13.9. The van der Waals surface area contributed by atoms with Crippen molar-refractivity contribution in [1.82, 2.24) is 5.32 Å². The number of aldehydes is 1. The molecule has 1 unspecified atom stereocenters. The van der Waals surface area contributed by atoms with Crippen LogP contribution in [0.1, 0.15) is 142 Å². The Balaban J connectivity index is 4.73. The van der Waals surface area contributed by atoms with E-state index in [0.717, 1.165) is 44.9 Å². The Bertz CT molecular complexity index is 967. The Labute approximate surface area is 321 Å². The highest BCUT2D eigenvalue weighted by molar-refractivity contribution is 7.99. The number of thioether (sulfide) groups is 1. The molecule has 0 heterocycles. The average molecular weight is 805 g/mol. The minimum atomic E-state index is -4.53. The lowest BCUT2D eigenvalue weighted by Gasteiger charge is -2.24. The second-order valence-corrected chi connectivity index (χ2v) is 16.5. The van der Waals surface area contributed by atoms with Crippen LogP contribution >= 0.6 is 19.4 Å². The van der Waals surface area contributed by atoms with Crippen LogP contribution < -0.4 is 11.1 Å². The van der Waals surface area contributed by atoms with E-state index in [4.69, 9.17) is 19.9 Å². The van der Waals surface area contributed by atoms with E-state index >= 15 is 0 Å². The topological polar surface area (TPSA) is 184 Å².